The van der Waals surface area contributed by atoms with E-state index in [0.717, 1.165) is 23.1 Å². The summed E-state index contributed by atoms with van der Waals surface area (Å²) in [6, 6.07) is 14.4. The van der Waals surface area contributed by atoms with Crippen LogP contribution >= 0.6 is 0 Å². The van der Waals surface area contributed by atoms with Gasteiger partial charge in [0.1, 0.15) is 11.3 Å². The lowest BCUT2D eigenvalue weighted by atomic mass is 10.1. The van der Waals surface area contributed by atoms with E-state index in [1.54, 1.807) is 19.1 Å². The Hall–Kier alpha value is -3.08. The molecule has 3 rings (SSSR count). The van der Waals surface area contributed by atoms with Crippen LogP contribution < -0.4 is 15.7 Å². The van der Waals surface area contributed by atoms with Crippen LogP contribution in [0.5, 0.6) is 5.75 Å². The molecule has 5 heteroatoms. The summed E-state index contributed by atoms with van der Waals surface area (Å²) in [6.45, 7) is 5.60. The summed E-state index contributed by atoms with van der Waals surface area (Å²) < 4.78 is 10.9. The Labute approximate surface area is 151 Å². The van der Waals surface area contributed by atoms with Crippen LogP contribution in [0, 0.1) is 6.92 Å². The van der Waals surface area contributed by atoms with Gasteiger partial charge in [-0.1, -0.05) is 19.1 Å². The monoisotopic (exact) mass is 351 g/mol. The standard InChI is InChI=1S/C21H21NO4/c1-4-15-5-7-16(8-6-15)22-21(24)14(3)25-17-9-10-18-13(2)11-20(23)26-19(18)12-17/h5-12,14H,4H2,1-3H3,(H,22,24)/t14-/m0/s1. The molecular weight excluding hydrogens is 330 g/mol. The summed E-state index contributed by atoms with van der Waals surface area (Å²) in [5, 5.41) is 3.67. The van der Waals surface area contributed by atoms with Gasteiger partial charge in [-0.15, -0.1) is 0 Å². The highest BCUT2D eigenvalue weighted by Gasteiger charge is 2.15. The van der Waals surface area contributed by atoms with Crippen molar-refractivity contribution in [3.8, 4) is 5.75 Å². The van der Waals surface area contributed by atoms with Crippen LogP contribution in [0.25, 0.3) is 11.0 Å². The molecule has 0 aliphatic heterocycles. The molecule has 134 valence electrons. The van der Waals surface area contributed by atoms with Crippen molar-refractivity contribution in [2.75, 3.05) is 5.32 Å². The number of carbonyl (C=O) groups excluding carboxylic acids is 1. The van der Waals surface area contributed by atoms with E-state index in [4.69, 9.17) is 9.15 Å². The van der Waals surface area contributed by atoms with Gasteiger partial charge in [0, 0.05) is 23.2 Å². The van der Waals surface area contributed by atoms with Gasteiger partial charge in [0.25, 0.3) is 5.91 Å². The number of ether oxygens (including phenoxy) is 1. The van der Waals surface area contributed by atoms with E-state index in [2.05, 4.69) is 12.2 Å². The van der Waals surface area contributed by atoms with Crippen LogP contribution in [0.2, 0.25) is 0 Å². The van der Waals surface area contributed by atoms with Crippen molar-refractivity contribution in [2.24, 2.45) is 0 Å². The molecular formula is C21H21NO4. The van der Waals surface area contributed by atoms with E-state index in [9.17, 15) is 9.59 Å². The van der Waals surface area contributed by atoms with Gasteiger partial charge in [0.05, 0.1) is 0 Å². The summed E-state index contributed by atoms with van der Waals surface area (Å²) >= 11 is 0. The van der Waals surface area contributed by atoms with Gasteiger partial charge in [-0.25, -0.2) is 4.79 Å². The molecule has 0 radical (unpaired) electrons. The summed E-state index contributed by atoms with van der Waals surface area (Å²) in [5.41, 5.74) is 2.80. The number of hydrogen-bond acceptors (Lipinski definition) is 4. The van der Waals surface area contributed by atoms with Gasteiger partial charge in [-0.05, 0) is 55.7 Å². The van der Waals surface area contributed by atoms with Crippen molar-refractivity contribution in [3.63, 3.8) is 0 Å². The molecule has 5 nitrogen and oxygen atoms in total. The quantitative estimate of drug-likeness (QED) is 0.704. The molecule has 1 amide bonds. The zero-order valence-electron chi connectivity index (χ0n) is 15.0. The fourth-order valence-electron chi connectivity index (χ4n) is 2.70. The van der Waals surface area contributed by atoms with E-state index in [-0.39, 0.29) is 5.91 Å². The lowest BCUT2D eigenvalue weighted by Gasteiger charge is -2.15. The second-order valence-corrected chi connectivity index (χ2v) is 6.21. The Morgan fingerprint density at radius 3 is 2.58 bits per heavy atom. The largest absolute Gasteiger partial charge is 0.481 e. The van der Waals surface area contributed by atoms with Crippen molar-refractivity contribution in [1.82, 2.24) is 0 Å². The fraction of sp³-hybridized carbons (Fsp3) is 0.238. The number of nitrogens with one attached hydrogen (secondary N) is 1. The summed E-state index contributed by atoms with van der Waals surface area (Å²) in [5.74, 6) is 0.218. The van der Waals surface area contributed by atoms with Gasteiger partial charge in [-0.3, -0.25) is 4.79 Å². The van der Waals surface area contributed by atoms with Gasteiger partial charge >= 0.3 is 5.63 Å². The number of amides is 1. The molecule has 3 aromatic rings. The smallest absolute Gasteiger partial charge is 0.336 e. The maximum absolute atomic E-state index is 12.3. The molecule has 1 atom stereocenters. The zero-order valence-corrected chi connectivity index (χ0v) is 15.0. The molecule has 0 aliphatic carbocycles. The second kappa shape index (κ2) is 7.44. The first-order valence-corrected chi connectivity index (χ1v) is 8.57. The number of anilines is 1. The molecule has 0 saturated heterocycles. The number of benzene rings is 2. The Bertz CT molecular complexity index is 989. The molecule has 0 bridgehead atoms. The number of fused-ring (bicyclic) bond motifs is 1. The van der Waals surface area contributed by atoms with Crippen LogP contribution in [0.1, 0.15) is 25.0 Å². The van der Waals surface area contributed by atoms with Crippen molar-refractivity contribution in [1.29, 1.82) is 0 Å². The average molecular weight is 351 g/mol. The molecule has 0 fully saturated rings. The third-order valence-corrected chi connectivity index (χ3v) is 4.23. The van der Waals surface area contributed by atoms with Crippen LogP contribution in [0.15, 0.2) is 57.7 Å². The molecule has 1 N–H and O–H groups in total. The first-order chi connectivity index (χ1) is 12.5. The van der Waals surface area contributed by atoms with E-state index >= 15 is 0 Å². The summed E-state index contributed by atoms with van der Waals surface area (Å²) in [4.78, 5) is 23.9. The van der Waals surface area contributed by atoms with E-state index < -0.39 is 11.7 Å². The molecule has 1 heterocycles. The van der Waals surface area contributed by atoms with Gasteiger partial charge in [-0.2, -0.15) is 0 Å². The molecule has 0 aliphatic rings. The highest BCUT2D eigenvalue weighted by molar-refractivity contribution is 5.94. The molecule has 0 saturated carbocycles. The first kappa shape index (κ1) is 17.7. The number of rotatable bonds is 5. The third-order valence-electron chi connectivity index (χ3n) is 4.23. The highest BCUT2D eigenvalue weighted by atomic mass is 16.5. The molecule has 26 heavy (non-hydrogen) atoms. The number of aryl methyl sites for hydroxylation is 2. The van der Waals surface area contributed by atoms with Crippen molar-refractivity contribution in [3.05, 3.63) is 70.1 Å². The first-order valence-electron chi connectivity index (χ1n) is 8.57. The fourth-order valence-corrected chi connectivity index (χ4v) is 2.70. The maximum atomic E-state index is 12.3. The SMILES string of the molecule is CCc1ccc(NC(=O)[C@H](C)Oc2ccc3c(C)cc(=O)oc3c2)cc1. The predicted molar refractivity (Wildman–Crippen MR) is 102 cm³/mol. The van der Waals surface area contributed by atoms with Crippen molar-refractivity contribution >= 4 is 22.6 Å². The third kappa shape index (κ3) is 3.94. The van der Waals surface area contributed by atoms with Crippen molar-refractivity contribution in [2.45, 2.75) is 33.3 Å². The average Bonchev–Trinajstić information content (AvgIpc) is 2.61. The Morgan fingerprint density at radius 2 is 1.88 bits per heavy atom. The van der Waals surface area contributed by atoms with E-state index in [1.165, 1.54) is 11.6 Å². The van der Waals surface area contributed by atoms with Crippen LogP contribution in [-0.2, 0) is 11.2 Å². The van der Waals surface area contributed by atoms with Crippen LogP contribution in [-0.4, -0.2) is 12.0 Å². The van der Waals surface area contributed by atoms with Crippen molar-refractivity contribution < 1.29 is 13.9 Å². The summed E-state index contributed by atoms with van der Waals surface area (Å²) in [6.07, 6.45) is 0.250. The van der Waals surface area contributed by atoms with E-state index in [1.807, 2.05) is 37.3 Å². The minimum absolute atomic E-state index is 0.250. The highest BCUT2D eigenvalue weighted by Crippen LogP contribution is 2.23. The topological polar surface area (TPSA) is 68.5 Å². The Kier molecular flexibility index (Phi) is 5.07. The maximum Gasteiger partial charge on any atom is 0.336 e. The minimum atomic E-state index is -0.699. The predicted octanol–water partition coefficient (Wildman–Crippen LogP) is 4.07. The lowest BCUT2D eigenvalue weighted by molar-refractivity contribution is -0.122. The molecule has 0 spiro atoms. The molecule has 0 unspecified atom stereocenters. The normalized spacial score (nSPS) is 12.0. The van der Waals surface area contributed by atoms with E-state index in [0.29, 0.717) is 11.3 Å². The zero-order chi connectivity index (χ0) is 18.7. The number of hydrogen-bond donors (Lipinski definition) is 1. The van der Waals surface area contributed by atoms with Gasteiger partial charge in [0.2, 0.25) is 0 Å². The molecule has 2 aromatic carbocycles. The molecule has 1 aromatic heterocycles. The Balaban J connectivity index is 1.72. The Morgan fingerprint density at radius 1 is 1.15 bits per heavy atom. The summed E-state index contributed by atoms with van der Waals surface area (Å²) in [7, 11) is 0. The number of carbonyl (C=O) groups is 1. The van der Waals surface area contributed by atoms with Crippen LogP contribution in [0.4, 0.5) is 5.69 Å². The second-order valence-electron chi connectivity index (χ2n) is 6.21. The lowest BCUT2D eigenvalue weighted by Crippen LogP contribution is -2.30. The minimum Gasteiger partial charge on any atom is -0.481 e. The van der Waals surface area contributed by atoms with Crippen LogP contribution in [0.3, 0.4) is 0 Å². The van der Waals surface area contributed by atoms with Gasteiger partial charge in [0.15, 0.2) is 6.10 Å². The van der Waals surface area contributed by atoms with Gasteiger partial charge < -0.3 is 14.5 Å².